The van der Waals surface area contributed by atoms with Gasteiger partial charge >= 0.3 is 0 Å². The molecule has 128 valence electrons. The fraction of sp³-hybridized carbons (Fsp3) is 0.353. The van der Waals surface area contributed by atoms with Gasteiger partial charge in [-0.2, -0.15) is 9.61 Å². The summed E-state index contributed by atoms with van der Waals surface area (Å²) in [6.45, 7) is 0. The van der Waals surface area contributed by atoms with Crippen molar-refractivity contribution in [3.05, 3.63) is 36.5 Å². The van der Waals surface area contributed by atoms with E-state index < -0.39 is 0 Å². The van der Waals surface area contributed by atoms with E-state index >= 15 is 0 Å². The number of hydrogen-bond donors (Lipinski definition) is 1. The SMILES string of the molecule is O=C(CSc1nnc2ccc(-c3ccccn3)nn12)NC1CCCC1. The molecule has 3 heterocycles. The van der Waals surface area contributed by atoms with E-state index in [9.17, 15) is 4.79 Å². The van der Waals surface area contributed by atoms with Crippen molar-refractivity contribution in [2.24, 2.45) is 0 Å². The maximum absolute atomic E-state index is 12.1. The summed E-state index contributed by atoms with van der Waals surface area (Å²) < 4.78 is 1.66. The van der Waals surface area contributed by atoms with Crippen LogP contribution in [0.4, 0.5) is 0 Å². The number of nitrogens with one attached hydrogen (secondary N) is 1. The molecule has 1 aliphatic rings. The lowest BCUT2D eigenvalue weighted by Crippen LogP contribution is -2.33. The van der Waals surface area contributed by atoms with Gasteiger partial charge in [0.2, 0.25) is 11.1 Å². The molecule has 0 bridgehead atoms. The molecule has 0 unspecified atom stereocenters. The standard InChI is InChI=1S/C17H18N6OS/c24-16(19-12-5-1-2-6-12)11-25-17-21-20-15-9-8-14(22-23(15)17)13-7-3-4-10-18-13/h3-4,7-10,12H,1-2,5-6,11H2,(H,19,24). The lowest BCUT2D eigenvalue weighted by molar-refractivity contribution is -0.119. The molecule has 1 aliphatic carbocycles. The van der Waals surface area contributed by atoms with Gasteiger partial charge in [-0.1, -0.05) is 30.7 Å². The average molecular weight is 354 g/mol. The van der Waals surface area contributed by atoms with Crippen molar-refractivity contribution in [2.75, 3.05) is 5.75 Å². The molecular weight excluding hydrogens is 336 g/mol. The highest BCUT2D eigenvalue weighted by atomic mass is 32.2. The van der Waals surface area contributed by atoms with E-state index in [1.54, 1.807) is 10.7 Å². The third-order valence-corrected chi connectivity index (χ3v) is 5.13. The number of carbonyl (C=O) groups is 1. The molecule has 1 saturated carbocycles. The van der Waals surface area contributed by atoms with Gasteiger partial charge in [0.1, 0.15) is 5.69 Å². The van der Waals surface area contributed by atoms with Crippen LogP contribution in [0.25, 0.3) is 17.0 Å². The largest absolute Gasteiger partial charge is 0.353 e. The Bertz CT molecular complexity index is 875. The molecule has 1 N–H and O–H groups in total. The van der Waals surface area contributed by atoms with Crippen LogP contribution in [0.1, 0.15) is 25.7 Å². The molecule has 8 heteroatoms. The smallest absolute Gasteiger partial charge is 0.230 e. The quantitative estimate of drug-likeness (QED) is 0.708. The highest BCUT2D eigenvalue weighted by Crippen LogP contribution is 2.20. The molecular formula is C17H18N6OS. The van der Waals surface area contributed by atoms with Gasteiger partial charge in [-0.25, -0.2) is 0 Å². The zero-order chi connectivity index (χ0) is 17.1. The van der Waals surface area contributed by atoms with Crippen molar-refractivity contribution in [1.29, 1.82) is 0 Å². The number of fused-ring (bicyclic) bond motifs is 1. The second-order valence-electron chi connectivity index (χ2n) is 6.02. The maximum atomic E-state index is 12.1. The van der Waals surface area contributed by atoms with Crippen molar-refractivity contribution in [1.82, 2.24) is 30.1 Å². The summed E-state index contributed by atoms with van der Waals surface area (Å²) in [7, 11) is 0. The molecule has 1 amide bonds. The fourth-order valence-corrected chi connectivity index (χ4v) is 3.68. The first-order valence-corrected chi connectivity index (χ1v) is 9.34. The number of aromatic nitrogens is 5. The monoisotopic (exact) mass is 354 g/mol. The van der Waals surface area contributed by atoms with E-state index in [-0.39, 0.29) is 5.91 Å². The van der Waals surface area contributed by atoms with E-state index in [1.807, 2.05) is 30.3 Å². The first-order valence-electron chi connectivity index (χ1n) is 8.35. The zero-order valence-electron chi connectivity index (χ0n) is 13.6. The Morgan fingerprint density at radius 1 is 1.16 bits per heavy atom. The topological polar surface area (TPSA) is 85.1 Å². The van der Waals surface area contributed by atoms with Gasteiger partial charge in [-0.15, -0.1) is 10.2 Å². The van der Waals surface area contributed by atoms with Crippen LogP contribution in [0.15, 0.2) is 41.7 Å². The van der Waals surface area contributed by atoms with Crippen LogP contribution in [0.2, 0.25) is 0 Å². The molecule has 4 rings (SSSR count). The highest BCUT2D eigenvalue weighted by molar-refractivity contribution is 7.99. The average Bonchev–Trinajstić information content (AvgIpc) is 3.30. The predicted molar refractivity (Wildman–Crippen MR) is 95.1 cm³/mol. The molecule has 0 spiro atoms. The van der Waals surface area contributed by atoms with Crippen LogP contribution in [0.5, 0.6) is 0 Å². The van der Waals surface area contributed by atoms with Crippen molar-refractivity contribution in [2.45, 2.75) is 36.9 Å². The molecule has 0 radical (unpaired) electrons. The van der Waals surface area contributed by atoms with E-state index in [1.165, 1.54) is 24.6 Å². The molecule has 25 heavy (non-hydrogen) atoms. The van der Waals surface area contributed by atoms with Crippen LogP contribution in [0.3, 0.4) is 0 Å². The van der Waals surface area contributed by atoms with Crippen LogP contribution >= 0.6 is 11.8 Å². The summed E-state index contributed by atoms with van der Waals surface area (Å²) in [4.78, 5) is 16.4. The first kappa shape index (κ1) is 16.0. The van der Waals surface area contributed by atoms with Gasteiger partial charge in [-0.3, -0.25) is 9.78 Å². The Morgan fingerprint density at radius 2 is 2.04 bits per heavy atom. The number of rotatable bonds is 5. The van der Waals surface area contributed by atoms with E-state index in [0.717, 1.165) is 24.2 Å². The molecule has 3 aromatic heterocycles. The van der Waals surface area contributed by atoms with Crippen molar-refractivity contribution in [3.63, 3.8) is 0 Å². The Morgan fingerprint density at radius 3 is 2.84 bits per heavy atom. The molecule has 0 aliphatic heterocycles. The number of carbonyl (C=O) groups excluding carboxylic acids is 1. The van der Waals surface area contributed by atoms with Crippen LogP contribution in [0, 0.1) is 0 Å². The van der Waals surface area contributed by atoms with Crippen LogP contribution < -0.4 is 5.32 Å². The second kappa shape index (κ2) is 7.18. The number of hydrogen-bond acceptors (Lipinski definition) is 6. The Labute approximate surface area is 149 Å². The first-order chi connectivity index (χ1) is 12.3. The third-order valence-electron chi connectivity index (χ3n) is 4.21. The molecule has 0 saturated heterocycles. The number of thioether (sulfide) groups is 1. The normalized spacial score (nSPS) is 14.9. The van der Waals surface area contributed by atoms with Crippen molar-refractivity contribution < 1.29 is 4.79 Å². The zero-order valence-corrected chi connectivity index (χ0v) is 14.4. The minimum atomic E-state index is 0.0366. The number of pyridine rings is 1. The Kier molecular flexibility index (Phi) is 4.60. The van der Waals surface area contributed by atoms with E-state index in [2.05, 4.69) is 25.6 Å². The summed E-state index contributed by atoms with van der Waals surface area (Å²) in [5.41, 5.74) is 2.18. The molecule has 0 aromatic carbocycles. The lowest BCUT2D eigenvalue weighted by atomic mass is 10.2. The Hall–Kier alpha value is -2.48. The second-order valence-corrected chi connectivity index (χ2v) is 6.97. The van der Waals surface area contributed by atoms with Crippen molar-refractivity contribution >= 4 is 23.3 Å². The highest BCUT2D eigenvalue weighted by Gasteiger charge is 2.18. The summed E-state index contributed by atoms with van der Waals surface area (Å²) in [6.07, 6.45) is 6.30. The summed E-state index contributed by atoms with van der Waals surface area (Å²) >= 11 is 1.35. The van der Waals surface area contributed by atoms with E-state index in [0.29, 0.717) is 22.6 Å². The number of amides is 1. The molecule has 7 nitrogen and oxygen atoms in total. The lowest BCUT2D eigenvalue weighted by Gasteiger charge is -2.10. The minimum Gasteiger partial charge on any atom is -0.353 e. The maximum Gasteiger partial charge on any atom is 0.230 e. The van der Waals surface area contributed by atoms with Gasteiger partial charge in [0.05, 0.1) is 11.4 Å². The van der Waals surface area contributed by atoms with Gasteiger partial charge in [0.15, 0.2) is 5.65 Å². The predicted octanol–water partition coefficient (Wildman–Crippen LogP) is 2.34. The fourth-order valence-electron chi connectivity index (χ4n) is 2.98. The summed E-state index contributed by atoms with van der Waals surface area (Å²) in [6, 6.07) is 9.74. The third kappa shape index (κ3) is 3.63. The van der Waals surface area contributed by atoms with Crippen LogP contribution in [-0.4, -0.2) is 42.5 Å². The molecule has 1 fully saturated rings. The summed E-state index contributed by atoms with van der Waals surface area (Å²) in [5, 5.41) is 16.5. The van der Waals surface area contributed by atoms with E-state index in [4.69, 9.17) is 0 Å². The molecule has 0 atom stereocenters. The van der Waals surface area contributed by atoms with Gasteiger partial charge < -0.3 is 5.32 Å². The van der Waals surface area contributed by atoms with Gasteiger partial charge in [0, 0.05) is 12.2 Å². The summed E-state index contributed by atoms with van der Waals surface area (Å²) in [5.74, 6) is 0.349. The Balaban J connectivity index is 1.48. The van der Waals surface area contributed by atoms with Gasteiger partial charge in [-0.05, 0) is 37.1 Å². The van der Waals surface area contributed by atoms with Crippen molar-refractivity contribution in [3.8, 4) is 11.4 Å². The van der Waals surface area contributed by atoms with Gasteiger partial charge in [0.25, 0.3) is 0 Å². The minimum absolute atomic E-state index is 0.0366. The van der Waals surface area contributed by atoms with Crippen LogP contribution in [-0.2, 0) is 4.79 Å². The molecule has 3 aromatic rings. The number of nitrogens with zero attached hydrogens (tertiary/aromatic N) is 5.